The molecule has 0 bridgehead atoms. The number of benzene rings is 1. The van der Waals surface area contributed by atoms with Gasteiger partial charge in [-0.25, -0.2) is 9.59 Å². The van der Waals surface area contributed by atoms with E-state index in [0.29, 0.717) is 0 Å². The number of hydrogen-bond acceptors (Lipinski definition) is 7. The first-order valence-corrected chi connectivity index (χ1v) is 4.91. The van der Waals surface area contributed by atoms with Gasteiger partial charge in [0.25, 0.3) is 5.69 Å². The fourth-order valence-electron chi connectivity index (χ4n) is 1.25. The highest BCUT2D eigenvalue weighted by Crippen LogP contribution is 2.18. The minimum atomic E-state index is -0.935. The van der Waals surface area contributed by atoms with E-state index in [1.165, 1.54) is 0 Å². The highest BCUT2D eigenvalue weighted by atomic mass is 16.6. The molecule has 0 aliphatic rings. The summed E-state index contributed by atoms with van der Waals surface area (Å²) in [5.74, 6) is -1.76. The number of nitrogens with zero attached hydrogens (tertiary/aromatic N) is 2. The fraction of sp³-hybridized carbons (Fsp3) is 0.182. The maximum atomic E-state index is 11.5. The normalized spacial score (nSPS) is 9.26. The van der Waals surface area contributed by atoms with Gasteiger partial charge in [-0.1, -0.05) is 0 Å². The molecule has 1 rings (SSSR count). The Labute approximate surface area is 107 Å². The average molecular weight is 264 g/mol. The number of nitro benzene ring substituents is 1. The zero-order chi connectivity index (χ0) is 14.4. The first kappa shape index (κ1) is 14.1. The Balaban J connectivity index is 3.21. The molecule has 0 aliphatic carbocycles. The molecule has 1 aromatic carbocycles. The van der Waals surface area contributed by atoms with E-state index >= 15 is 0 Å². The van der Waals surface area contributed by atoms with Crippen LogP contribution in [0.2, 0.25) is 0 Å². The number of hydrogen-bond donors (Lipinski definition) is 0. The van der Waals surface area contributed by atoms with Gasteiger partial charge in [-0.3, -0.25) is 10.1 Å². The summed E-state index contributed by atoms with van der Waals surface area (Å²) in [6, 6.07) is 4.61. The molecule has 8 nitrogen and oxygen atoms in total. The van der Waals surface area contributed by atoms with Gasteiger partial charge in [-0.05, 0) is 6.07 Å². The predicted octanol–water partition coefficient (Wildman–Crippen LogP) is 1.06. The second-order valence-electron chi connectivity index (χ2n) is 3.25. The van der Waals surface area contributed by atoms with Crippen molar-refractivity contribution in [3.8, 4) is 6.07 Å². The lowest BCUT2D eigenvalue weighted by Gasteiger charge is -2.04. The highest BCUT2D eigenvalue weighted by molar-refractivity contribution is 5.96. The Morgan fingerprint density at radius 2 is 1.89 bits per heavy atom. The number of rotatable bonds is 4. The number of non-ortho nitro benzene ring substituents is 1. The Kier molecular flexibility index (Phi) is 4.54. The van der Waals surface area contributed by atoms with Gasteiger partial charge in [0.15, 0.2) is 6.61 Å². The van der Waals surface area contributed by atoms with Gasteiger partial charge in [0, 0.05) is 12.1 Å². The van der Waals surface area contributed by atoms with Crippen molar-refractivity contribution in [3.63, 3.8) is 0 Å². The van der Waals surface area contributed by atoms with Crippen molar-refractivity contribution < 1.29 is 24.0 Å². The van der Waals surface area contributed by atoms with Crippen LogP contribution in [-0.4, -0.2) is 30.6 Å². The van der Waals surface area contributed by atoms with Crippen molar-refractivity contribution in [1.29, 1.82) is 5.26 Å². The predicted molar refractivity (Wildman–Crippen MR) is 60.3 cm³/mol. The summed E-state index contributed by atoms with van der Waals surface area (Å²) in [5.41, 5.74) is -0.808. The van der Waals surface area contributed by atoms with E-state index in [0.717, 1.165) is 25.3 Å². The fourth-order valence-corrected chi connectivity index (χ4v) is 1.25. The summed E-state index contributed by atoms with van der Waals surface area (Å²) in [4.78, 5) is 32.8. The second kappa shape index (κ2) is 6.11. The molecule has 0 aromatic heterocycles. The largest absolute Gasteiger partial charge is 0.465 e. The maximum Gasteiger partial charge on any atom is 0.339 e. The van der Waals surface area contributed by atoms with Crippen molar-refractivity contribution in [2.24, 2.45) is 0 Å². The molecule has 0 atom stereocenters. The summed E-state index contributed by atoms with van der Waals surface area (Å²) in [6.45, 7) is -0.491. The molecule has 0 fully saturated rings. The smallest absolute Gasteiger partial charge is 0.339 e. The quantitative estimate of drug-likeness (QED) is 0.453. The van der Waals surface area contributed by atoms with E-state index in [1.807, 2.05) is 0 Å². The number of nitro groups is 1. The minimum absolute atomic E-state index is 0.152. The van der Waals surface area contributed by atoms with Gasteiger partial charge < -0.3 is 9.47 Å². The van der Waals surface area contributed by atoms with E-state index in [1.54, 1.807) is 6.07 Å². The van der Waals surface area contributed by atoms with Crippen molar-refractivity contribution in [3.05, 3.63) is 39.4 Å². The Morgan fingerprint density at radius 1 is 1.32 bits per heavy atom. The van der Waals surface area contributed by atoms with Gasteiger partial charge in [0.05, 0.1) is 23.2 Å². The Morgan fingerprint density at radius 3 is 2.37 bits per heavy atom. The van der Waals surface area contributed by atoms with E-state index in [2.05, 4.69) is 9.47 Å². The average Bonchev–Trinajstić information content (AvgIpc) is 2.43. The van der Waals surface area contributed by atoms with Gasteiger partial charge >= 0.3 is 11.9 Å². The van der Waals surface area contributed by atoms with Crippen molar-refractivity contribution in [2.45, 2.75) is 0 Å². The summed E-state index contributed by atoms with van der Waals surface area (Å²) in [5, 5.41) is 19.0. The molecule has 0 saturated heterocycles. The van der Waals surface area contributed by atoms with Crippen LogP contribution in [0.15, 0.2) is 18.2 Å². The third-order valence-electron chi connectivity index (χ3n) is 2.05. The van der Waals surface area contributed by atoms with E-state index in [9.17, 15) is 19.7 Å². The third kappa shape index (κ3) is 3.50. The second-order valence-corrected chi connectivity index (χ2v) is 3.25. The van der Waals surface area contributed by atoms with Crippen LogP contribution in [0.4, 0.5) is 5.69 Å². The van der Waals surface area contributed by atoms with Crippen LogP contribution in [0.5, 0.6) is 0 Å². The third-order valence-corrected chi connectivity index (χ3v) is 2.05. The molecule has 0 saturated carbocycles. The molecule has 0 aliphatic heterocycles. The molecule has 0 unspecified atom stereocenters. The van der Waals surface area contributed by atoms with E-state index in [4.69, 9.17) is 5.26 Å². The number of carbonyl (C=O) groups is 2. The van der Waals surface area contributed by atoms with Crippen molar-refractivity contribution >= 4 is 17.6 Å². The molecular weight excluding hydrogens is 256 g/mol. The topological polar surface area (TPSA) is 120 Å². The number of ether oxygens (including phenoxy) is 2. The zero-order valence-electron chi connectivity index (χ0n) is 9.78. The number of carbonyl (C=O) groups excluding carboxylic acids is 2. The number of esters is 2. The van der Waals surface area contributed by atoms with Crippen LogP contribution in [0.1, 0.15) is 20.7 Å². The maximum absolute atomic E-state index is 11.5. The minimum Gasteiger partial charge on any atom is -0.465 e. The summed E-state index contributed by atoms with van der Waals surface area (Å²) < 4.78 is 8.93. The molecule has 0 amide bonds. The molecule has 1 aromatic rings. The van der Waals surface area contributed by atoms with Crippen LogP contribution >= 0.6 is 0 Å². The van der Waals surface area contributed by atoms with Crippen LogP contribution in [0.25, 0.3) is 0 Å². The van der Waals surface area contributed by atoms with Crippen LogP contribution in [0, 0.1) is 21.4 Å². The molecule has 8 heteroatoms. The van der Waals surface area contributed by atoms with Crippen molar-refractivity contribution in [1.82, 2.24) is 0 Å². The number of nitriles is 1. The van der Waals surface area contributed by atoms with Gasteiger partial charge in [0.1, 0.15) is 6.07 Å². The van der Waals surface area contributed by atoms with Crippen LogP contribution in [-0.2, 0) is 9.47 Å². The first-order valence-electron chi connectivity index (χ1n) is 4.91. The van der Waals surface area contributed by atoms with Gasteiger partial charge in [0.2, 0.25) is 0 Å². The summed E-state index contributed by atoms with van der Waals surface area (Å²) >= 11 is 0. The zero-order valence-corrected chi connectivity index (χ0v) is 9.78. The summed E-state index contributed by atoms with van der Waals surface area (Å²) in [6.07, 6.45) is 0. The lowest BCUT2D eigenvalue weighted by molar-refractivity contribution is -0.384. The molecule has 0 N–H and O–H groups in total. The monoisotopic (exact) mass is 264 g/mol. The van der Waals surface area contributed by atoms with E-state index in [-0.39, 0.29) is 11.1 Å². The molecular formula is C11H8N2O6. The van der Waals surface area contributed by atoms with Gasteiger partial charge in [-0.2, -0.15) is 5.26 Å². The number of methoxy groups -OCH3 is 1. The molecule has 19 heavy (non-hydrogen) atoms. The van der Waals surface area contributed by atoms with Crippen LogP contribution in [0.3, 0.4) is 0 Å². The lowest BCUT2D eigenvalue weighted by Crippen LogP contribution is -2.09. The SMILES string of the molecule is COC(=O)c1cc(C(=O)OCC#N)cc([N+](=O)[O-])c1. The lowest BCUT2D eigenvalue weighted by atomic mass is 10.1. The first-order chi connectivity index (χ1) is 8.99. The molecule has 0 spiro atoms. The Hall–Kier alpha value is -2.95. The summed E-state index contributed by atoms with van der Waals surface area (Å²) in [7, 11) is 1.11. The van der Waals surface area contributed by atoms with Crippen LogP contribution < -0.4 is 0 Å². The Bertz CT molecular complexity index is 575. The van der Waals surface area contributed by atoms with Crippen molar-refractivity contribution in [2.75, 3.05) is 13.7 Å². The van der Waals surface area contributed by atoms with E-state index < -0.39 is 29.2 Å². The standard InChI is InChI=1S/C11H8N2O6/c1-18-10(14)7-4-8(11(15)19-3-2-12)6-9(5-7)13(16)17/h4-6H,3H2,1H3. The highest BCUT2D eigenvalue weighted by Gasteiger charge is 2.19. The molecule has 98 valence electrons. The molecule has 0 heterocycles. The molecule has 0 radical (unpaired) electrons. The van der Waals surface area contributed by atoms with Gasteiger partial charge in [-0.15, -0.1) is 0 Å².